The molecule has 3 rings (SSSR count). The van der Waals surface area contributed by atoms with Crippen LogP contribution in [0.25, 0.3) is 0 Å². The minimum Gasteiger partial charge on any atom is -0.455 e. The summed E-state index contributed by atoms with van der Waals surface area (Å²) in [6.45, 7) is 1.39. The van der Waals surface area contributed by atoms with E-state index in [0.717, 1.165) is 31.2 Å². The molecular weight excluding hydrogens is 308 g/mol. The van der Waals surface area contributed by atoms with E-state index in [-0.39, 0.29) is 12.6 Å². The molecule has 1 fully saturated rings. The van der Waals surface area contributed by atoms with Gasteiger partial charge in [-0.15, -0.1) is 0 Å². The van der Waals surface area contributed by atoms with Crippen molar-refractivity contribution in [3.8, 4) is 0 Å². The Morgan fingerprint density at radius 2 is 1.96 bits per heavy atom. The number of amides is 1. The lowest BCUT2D eigenvalue weighted by Crippen LogP contribution is -2.36. The number of aryl methyl sites for hydroxylation is 1. The second-order valence-electron chi connectivity index (χ2n) is 6.10. The Bertz CT molecular complexity index is 718. The largest absolute Gasteiger partial charge is 0.455 e. The Morgan fingerprint density at radius 3 is 2.58 bits per heavy atom. The van der Waals surface area contributed by atoms with Crippen LogP contribution in [-0.2, 0) is 19.7 Å². The molecule has 1 amide bonds. The van der Waals surface area contributed by atoms with Crippen LogP contribution >= 0.6 is 0 Å². The lowest BCUT2D eigenvalue weighted by molar-refractivity contribution is -0.153. The minimum absolute atomic E-state index is 0.312. The van der Waals surface area contributed by atoms with Crippen molar-refractivity contribution in [2.24, 2.45) is 0 Å². The number of anilines is 1. The fraction of sp³-hybridized carbons (Fsp3) is 0.389. The molecule has 24 heavy (non-hydrogen) atoms. The van der Waals surface area contributed by atoms with Gasteiger partial charge < -0.3 is 14.6 Å². The number of carbonyl (C=O) groups is 2. The summed E-state index contributed by atoms with van der Waals surface area (Å²) in [4.78, 5) is 24.6. The van der Waals surface area contributed by atoms with Crippen LogP contribution in [0.2, 0.25) is 0 Å². The molecule has 1 N–H and O–H groups in total. The Kier molecular flexibility index (Phi) is 4.64. The van der Waals surface area contributed by atoms with E-state index < -0.39 is 11.3 Å². The lowest BCUT2D eigenvalue weighted by atomic mass is 9.79. The molecule has 1 aromatic heterocycles. The molecule has 6 nitrogen and oxygen atoms in total. The van der Waals surface area contributed by atoms with Crippen molar-refractivity contribution in [1.29, 1.82) is 0 Å². The second kappa shape index (κ2) is 6.86. The van der Waals surface area contributed by atoms with Gasteiger partial charge in [0, 0.05) is 6.07 Å². The standard InChI is InChI=1S/C18H20N2O4/c1-13-11-15(20-24-13)19-16(21)12-23-17(22)18(9-5-6-10-18)14-7-3-2-4-8-14/h2-4,7-8,11H,5-6,9-10,12H2,1H3,(H,19,20,21). The maximum Gasteiger partial charge on any atom is 0.317 e. The van der Waals surface area contributed by atoms with Gasteiger partial charge in [0.25, 0.3) is 5.91 Å². The van der Waals surface area contributed by atoms with Crippen LogP contribution in [0.4, 0.5) is 5.82 Å². The van der Waals surface area contributed by atoms with Crippen molar-refractivity contribution in [3.63, 3.8) is 0 Å². The van der Waals surface area contributed by atoms with E-state index in [1.165, 1.54) is 0 Å². The van der Waals surface area contributed by atoms with Gasteiger partial charge in [-0.25, -0.2) is 0 Å². The summed E-state index contributed by atoms with van der Waals surface area (Å²) in [6, 6.07) is 11.3. The summed E-state index contributed by atoms with van der Waals surface area (Å²) in [6.07, 6.45) is 3.46. The quantitative estimate of drug-likeness (QED) is 0.853. The summed E-state index contributed by atoms with van der Waals surface area (Å²) in [5, 5.41) is 6.21. The highest BCUT2D eigenvalue weighted by atomic mass is 16.5. The molecule has 1 saturated carbocycles. The number of rotatable bonds is 5. The molecule has 1 heterocycles. The van der Waals surface area contributed by atoms with E-state index in [1.807, 2.05) is 30.3 Å². The van der Waals surface area contributed by atoms with Gasteiger partial charge in [0.2, 0.25) is 0 Å². The van der Waals surface area contributed by atoms with Gasteiger partial charge in [-0.1, -0.05) is 48.3 Å². The summed E-state index contributed by atoms with van der Waals surface area (Å²) >= 11 is 0. The lowest BCUT2D eigenvalue weighted by Gasteiger charge is -2.27. The van der Waals surface area contributed by atoms with Crippen LogP contribution in [-0.4, -0.2) is 23.6 Å². The molecular formula is C18H20N2O4. The summed E-state index contributed by atoms with van der Waals surface area (Å²) in [7, 11) is 0. The second-order valence-corrected chi connectivity index (χ2v) is 6.10. The fourth-order valence-corrected chi connectivity index (χ4v) is 3.22. The Hall–Kier alpha value is -2.63. The molecule has 0 aliphatic heterocycles. The SMILES string of the molecule is Cc1cc(NC(=O)COC(=O)C2(c3ccccc3)CCCC2)no1. The summed E-state index contributed by atoms with van der Waals surface area (Å²) < 4.78 is 10.2. The third-order valence-corrected chi connectivity index (χ3v) is 4.40. The van der Waals surface area contributed by atoms with Crippen molar-refractivity contribution in [3.05, 3.63) is 47.7 Å². The number of nitrogens with one attached hydrogen (secondary N) is 1. The monoisotopic (exact) mass is 328 g/mol. The predicted octanol–water partition coefficient (Wildman–Crippen LogP) is 2.98. The average Bonchev–Trinajstić information content (AvgIpc) is 3.23. The molecule has 0 spiro atoms. The third-order valence-electron chi connectivity index (χ3n) is 4.40. The van der Waals surface area contributed by atoms with E-state index in [1.54, 1.807) is 13.0 Å². The maximum absolute atomic E-state index is 12.7. The fourth-order valence-electron chi connectivity index (χ4n) is 3.22. The van der Waals surface area contributed by atoms with Crippen molar-refractivity contribution >= 4 is 17.7 Å². The van der Waals surface area contributed by atoms with Gasteiger partial charge in [-0.05, 0) is 25.3 Å². The van der Waals surface area contributed by atoms with Crippen LogP contribution in [0.3, 0.4) is 0 Å². The van der Waals surface area contributed by atoms with Crippen molar-refractivity contribution < 1.29 is 18.8 Å². The van der Waals surface area contributed by atoms with Crippen molar-refractivity contribution in [2.45, 2.75) is 38.0 Å². The van der Waals surface area contributed by atoms with Crippen LogP contribution in [0.15, 0.2) is 40.9 Å². The van der Waals surface area contributed by atoms with E-state index in [4.69, 9.17) is 9.26 Å². The first kappa shape index (κ1) is 16.2. The van der Waals surface area contributed by atoms with Crippen LogP contribution in [0.5, 0.6) is 0 Å². The topological polar surface area (TPSA) is 81.4 Å². The first-order valence-corrected chi connectivity index (χ1v) is 8.06. The number of ether oxygens (including phenoxy) is 1. The smallest absolute Gasteiger partial charge is 0.317 e. The number of aromatic nitrogens is 1. The van der Waals surface area contributed by atoms with E-state index in [0.29, 0.717) is 11.6 Å². The van der Waals surface area contributed by atoms with Crippen LogP contribution in [0.1, 0.15) is 37.0 Å². The van der Waals surface area contributed by atoms with E-state index >= 15 is 0 Å². The number of nitrogens with zero attached hydrogens (tertiary/aromatic N) is 1. The molecule has 0 unspecified atom stereocenters. The highest BCUT2D eigenvalue weighted by Gasteiger charge is 2.44. The van der Waals surface area contributed by atoms with E-state index in [2.05, 4.69) is 10.5 Å². The number of carbonyl (C=O) groups excluding carboxylic acids is 2. The first-order valence-electron chi connectivity index (χ1n) is 8.06. The molecule has 1 aromatic carbocycles. The number of hydrogen-bond donors (Lipinski definition) is 1. The van der Waals surface area contributed by atoms with Crippen molar-refractivity contribution in [2.75, 3.05) is 11.9 Å². The molecule has 6 heteroatoms. The number of esters is 1. The average molecular weight is 328 g/mol. The maximum atomic E-state index is 12.7. The number of hydrogen-bond acceptors (Lipinski definition) is 5. The third kappa shape index (κ3) is 3.32. The highest BCUT2D eigenvalue weighted by Crippen LogP contribution is 2.42. The predicted molar refractivity (Wildman–Crippen MR) is 87.4 cm³/mol. The van der Waals surface area contributed by atoms with Crippen molar-refractivity contribution in [1.82, 2.24) is 5.16 Å². The molecule has 1 aliphatic carbocycles. The highest BCUT2D eigenvalue weighted by molar-refractivity contribution is 5.93. The molecule has 1 aliphatic rings. The zero-order valence-corrected chi connectivity index (χ0v) is 13.6. The molecule has 0 atom stereocenters. The van der Waals surface area contributed by atoms with Crippen LogP contribution in [0, 0.1) is 6.92 Å². The molecule has 0 radical (unpaired) electrons. The Labute approximate surface area is 140 Å². The Morgan fingerprint density at radius 1 is 1.25 bits per heavy atom. The van der Waals surface area contributed by atoms with Gasteiger partial charge in [-0.2, -0.15) is 0 Å². The van der Waals surface area contributed by atoms with Gasteiger partial charge in [0.05, 0.1) is 5.41 Å². The Balaban J connectivity index is 1.63. The zero-order chi connectivity index (χ0) is 17.0. The first-order chi connectivity index (χ1) is 11.6. The molecule has 0 saturated heterocycles. The molecule has 0 bridgehead atoms. The number of benzene rings is 1. The van der Waals surface area contributed by atoms with Gasteiger partial charge in [-0.3, -0.25) is 9.59 Å². The molecule has 2 aromatic rings. The summed E-state index contributed by atoms with van der Waals surface area (Å²) in [5.74, 6) is 0.138. The normalized spacial score (nSPS) is 15.9. The van der Waals surface area contributed by atoms with Gasteiger partial charge >= 0.3 is 5.97 Å². The summed E-state index contributed by atoms with van der Waals surface area (Å²) in [5.41, 5.74) is 0.325. The van der Waals surface area contributed by atoms with E-state index in [9.17, 15) is 9.59 Å². The zero-order valence-electron chi connectivity index (χ0n) is 13.6. The van der Waals surface area contributed by atoms with Crippen LogP contribution < -0.4 is 5.32 Å². The minimum atomic E-state index is -0.633. The molecule has 126 valence electrons. The van der Waals surface area contributed by atoms with Gasteiger partial charge in [0.1, 0.15) is 5.76 Å². The van der Waals surface area contributed by atoms with Gasteiger partial charge in [0.15, 0.2) is 12.4 Å².